The van der Waals surface area contributed by atoms with Crippen LogP contribution in [0.5, 0.6) is 0 Å². The van der Waals surface area contributed by atoms with Crippen LogP contribution in [0.15, 0.2) is 18.5 Å². The zero-order chi connectivity index (χ0) is 13.2. The van der Waals surface area contributed by atoms with E-state index in [2.05, 4.69) is 4.98 Å². The fourth-order valence-electron chi connectivity index (χ4n) is 1.60. The number of alkyl halides is 3. The van der Waals surface area contributed by atoms with Crippen LogP contribution in [0.4, 0.5) is 13.2 Å². The fraction of sp³-hybridized carbons (Fsp3) is 0.455. The maximum Gasteiger partial charge on any atom is 0.417 e. The molecular weight excluding hydrogens is 249 g/mol. The molecule has 2 rings (SSSR count). The molecule has 1 fully saturated rings. The van der Waals surface area contributed by atoms with Crippen molar-refractivity contribution >= 4 is 6.41 Å². The normalized spacial score (nSPS) is 16.5. The second-order valence-electron chi connectivity index (χ2n) is 4.07. The van der Waals surface area contributed by atoms with E-state index in [1.807, 2.05) is 0 Å². The van der Waals surface area contributed by atoms with E-state index in [1.54, 1.807) is 0 Å². The molecule has 0 N–H and O–H groups in total. The van der Waals surface area contributed by atoms with Gasteiger partial charge in [-0.3, -0.25) is 9.78 Å². The average molecular weight is 260 g/mol. The molecule has 7 heteroatoms. The minimum Gasteiger partial charge on any atom is -0.370 e. The number of halogens is 3. The van der Waals surface area contributed by atoms with E-state index >= 15 is 0 Å². The van der Waals surface area contributed by atoms with Crippen LogP contribution in [-0.4, -0.2) is 35.5 Å². The van der Waals surface area contributed by atoms with E-state index in [1.165, 1.54) is 11.1 Å². The van der Waals surface area contributed by atoms with E-state index in [9.17, 15) is 18.0 Å². The summed E-state index contributed by atoms with van der Waals surface area (Å²) in [6.45, 7) is 1.03. The Kier molecular flexibility index (Phi) is 3.51. The molecule has 0 spiro atoms. The lowest BCUT2D eigenvalue weighted by atomic mass is 10.2. The maximum absolute atomic E-state index is 12.4. The molecule has 1 aromatic rings. The van der Waals surface area contributed by atoms with Gasteiger partial charge in [-0.1, -0.05) is 0 Å². The lowest BCUT2D eigenvalue weighted by Gasteiger charge is -2.35. The molecule has 2 heterocycles. The number of carbonyl (C=O) groups is 1. The van der Waals surface area contributed by atoms with Crippen LogP contribution in [0.25, 0.3) is 0 Å². The number of rotatable bonds is 4. The van der Waals surface area contributed by atoms with Crippen molar-refractivity contribution in [3.05, 3.63) is 29.6 Å². The number of likely N-dealkylation sites (tertiary alicyclic amines) is 1. The Morgan fingerprint density at radius 2 is 2.17 bits per heavy atom. The summed E-state index contributed by atoms with van der Waals surface area (Å²) in [5.41, 5.74) is -0.416. The molecule has 0 aromatic carbocycles. The third-order valence-electron chi connectivity index (χ3n) is 2.63. The van der Waals surface area contributed by atoms with Gasteiger partial charge in [-0.15, -0.1) is 0 Å². The van der Waals surface area contributed by atoms with Crippen molar-refractivity contribution in [1.29, 1.82) is 0 Å². The molecule has 98 valence electrons. The quantitative estimate of drug-likeness (QED) is 0.770. The molecule has 0 saturated carbocycles. The number of carbonyl (C=O) groups excluding carboxylic acids is 1. The predicted molar refractivity (Wildman–Crippen MR) is 55.5 cm³/mol. The predicted octanol–water partition coefficient (Wildman–Crippen LogP) is 1.46. The molecule has 1 aliphatic heterocycles. The summed E-state index contributed by atoms with van der Waals surface area (Å²) in [4.78, 5) is 15.4. The molecule has 18 heavy (non-hydrogen) atoms. The summed E-state index contributed by atoms with van der Waals surface area (Å²) in [5.74, 6) is 0. The highest BCUT2D eigenvalue weighted by atomic mass is 19.4. The molecule has 1 aromatic heterocycles. The summed E-state index contributed by atoms with van der Waals surface area (Å²) < 4.78 is 42.6. The van der Waals surface area contributed by atoms with E-state index in [4.69, 9.17) is 4.74 Å². The van der Waals surface area contributed by atoms with Crippen molar-refractivity contribution in [1.82, 2.24) is 9.88 Å². The van der Waals surface area contributed by atoms with Gasteiger partial charge in [-0.2, -0.15) is 13.2 Å². The standard InChI is InChI=1S/C11H11F3N2O2/c12-11(13,14)9-1-8(2-15-3-9)6-18-10-4-16(5-10)7-17/h1-3,7,10H,4-6H2. The van der Waals surface area contributed by atoms with Gasteiger partial charge < -0.3 is 9.64 Å². The number of hydrogen-bond donors (Lipinski definition) is 0. The largest absolute Gasteiger partial charge is 0.417 e. The van der Waals surface area contributed by atoms with Gasteiger partial charge in [-0.05, 0) is 11.6 Å². The van der Waals surface area contributed by atoms with Gasteiger partial charge in [0.25, 0.3) is 0 Å². The zero-order valence-electron chi connectivity index (χ0n) is 9.35. The molecule has 0 aliphatic carbocycles. The number of ether oxygens (including phenoxy) is 1. The van der Waals surface area contributed by atoms with Crippen molar-refractivity contribution in [3.63, 3.8) is 0 Å². The third kappa shape index (κ3) is 2.98. The molecular formula is C11H11F3N2O2. The van der Waals surface area contributed by atoms with E-state index in [-0.39, 0.29) is 12.7 Å². The Hall–Kier alpha value is -1.63. The second-order valence-corrected chi connectivity index (χ2v) is 4.07. The molecule has 1 saturated heterocycles. The van der Waals surface area contributed by atoms with Crippen molar-refractivity contribution in [2.24, 2.45) is 0 Å². The SMILES string of the molecule is O=CN1CC(OCc2cncc(C(F)(F)F)c2)C1. The first-order valence-electron chi connectivity index (χ1n) is 5.31. The van der Waals surface area contributed by atoms with Gasteiger partial charge in [0.05, 0.1) is 18.3 Å². The van der Waals surface area contributed by atoms with Gasteiger partial charge in [0.1, 0.15) is 0 Å². The zero-order valence-corrected chi connectivity index (χ0v) is 9.35. The molecule has 0 bridgehead atoms. The maximum atomic E-state index is 12.4. The van der Waals surface area contributed by atoms with Crippen LogP contribution in [0.3, 0.4) is 0 Å². The Balaban J connectivity index is 1.88. The van der Waals surface area contributed by atoms with Crippen molar-refractivity contribution in [2.45, 2.75) is 18.9 Å². The second kappa shape index (κ2) is 4.93. The molecule has 0 radical (unpaired) electrons. The monoisotopic (exact) mass is 260 g/mol. The number of aromatic nitrogens is 1. The van der Waals surface area contributed by atoms with Crippen LogP contribution in [0.2, 0.25) is 0 Å². The van der Waals surface area contributed by atoms with Gasteiger partial charge in [0.15, 0.2) is 0 Å². The summed E-state index contributed by atoms with van der Waals surface area (Å²) in [6.07, 6.45) is -1.67. The number of hydrogen-bond acceptors (Lipinski definition) is 3. The highest BCUT2D eigenvalue weighted by molar-refractivity contribution is 5.48. The fourth-order valence-corrected chi connectivity index (χ4v) is 1.60. The Morgan fingerprint density at radius 1 is 1.44 bits per heavy atom. The number of pyridine rings is 1. The lowest BCUT2D eigenvalue weighted by Crippen LogP contribution is -2.51. The summed E-state index contributed by atoms with van der Waals surface area (Å²) in [6, 6.07) is 1.02. The minimum absolute atomic E-state index is 0.0638. The summed E-state index contributed by atoms with van der Waals surface area (Å²) in [7, 11) is 0. The topological polar surface area (TPSA) is 42.4 Å². The number of nitrogens with zero attached hydrogens (tertiary/aromatic N) is 2. The van der Waals surface area contributed by atoms with Crippen LogP contribution < -0.4 is 0 Å². The van der Waals surface area contributed by atoms with E-state index in [0.29, 0.717) is 25.1 Å². The van der Waals surface area contributed by atoms with Crippen molar-refractivity contribution < 1.29 is 22.7 Å². The first-order chi connectivity index (χ1) is 8.49. The minimum atomic E-state index is -4.40. The summed E-state index contributed by atoms with van der Waals surface area (Å²) >= 11 is 0. The Labute approximate surface area is 101 Å². The van der Waals surface area contributed by atoms with Gasteiger partial charge in [0, 0.05) is 25.5 Å². The Morgan fingerprint density at radius 3 is 2.78 bits per heavy atom. The van der Waals surface area contributed by atoms with E-state index in [0.717, 1.165) is 12.3 Å². The molecule has 0 unspecified atom stereocenters. The van der Waals surface area contributed by atoms with Gasteiger partial charge in [0.2, 0.25) is 6.41 Å². The average Bonchev–Trinajstić information content (AvgIpc) is 2.26. The Bertz CT molecular complexity index is 431. The van der Waals surface area contributed by atoms with Crippen LogP contribution in [0.1, 0.15) is 11.1 Å². The van der Waals surface area contributed by atoms with Crippen molar-refractivity contribution in [3.8, 4) is 0 Å². The summed E-state index contributed by atoms with van der Waals surface area (Å²) in [5, 5.41) is 0. The van der Waals surface area contributed by atoms with Crippen LogP contribution in [-0.2, 0) is 22.3 Å². The lowest BCUT2D eigenvalue weighted by molar-refractivity contribution is -0.138. The van der Waals surface area contributed by atoms with E-state index < -0.39 is 11.7 Å². The first kappa shape index (κ1) is 12.8. The van der Waals surface area contributed by atoms with Crippen molar-refractivity contribution in [2.75, 3.05) is 13.1 Å². The highest BCUT2D eigenvalue weighted by Gasteiger charge is 2.31. The molecule has 4 nitrogen and oxygen atoms in total. The molecule has 0 atom stereocenters. The smallest absolute Gasteiger partial charge is 0.370 e. The molecule has 1 amide bonds. The third-order valence-corrected chi connectivity index (χ3v) is 2.63. The number of amides is 1. The van der Waals surface area contributed by atoms with Crippen LogP contribution in [0, 0.1) is 0 Å². The highest BCUT2D eigenvalue weighted by Crippen LogP contribution is 2.29. The van der Waals surface area contributed by atoms with Gasteiger partial charge in [-0.25, -0.2) is 0 Å². The molecule has 1 aliphatic rings. The van der Waals surface area contributed by atoms with Gasteiger partial charge >= 0.3 is 6.18 Å². The first-order valence-corrected chi connectivity index (χ1v) is 5.31. The van der Waals surface area contributed by atoms with Crippen LogP contribution >= 0.6 is 0 Å².